The van der Waals surface area contributed by atoms with E-state index in [1.165, 1.54) is 27.8 Å². The van der Waals surface area contributed by atoms with Crippen LogP contribution in [0.4, 0.5) is 0 Å². The second-order valence-electron chi connectivity index (χ2n) is 13.8. The highest BCUT2D eigenvalue weighted by atomic mass is 16.3. The van der Waals surface area contributed by atoms with E-state index in [4.69, 9.17) is 14.4 Å². The third kappa shape index (κ3) is 6.30. The monoisotopic (exact) mass is 705 g/mol. The van der Waals surface area contributed by atoms with Gasteiger partial charge in [-0.25, -0.2) is 9.98 Å². The number of furan rings is 1. The summed E-state index contributed by atoms with van der Waals surface area (Å²) in [5.41, 5.74) is 14.0. The lowest BCUT2D eigenvalue weighted by atomic mass is 9.97. The molecule has 1 N–H and O–H groups in total. The molecule has 0 saturated carbocycles. The number of nitrogens with zero attached hydrogens (tertiary/aromatic N) is 2. The highest BCUT2D eigenvalue weighted by Crippen LogP contribution is 2.37. The zero-order valence-corrected chi connectivity index (χ0v) is 29.9. The first-order valence-electron chi connectivity index (χ1n) is 18.6. The predicted octanol–water partition coefficient (Wildman–Crippen LogP) is 12.7. The quantitative estimate of drug-likeness (QED) is 0.179. The molecule has 1 aliphatic heterocycles. The van der Waals surface area contributed by atoms with Gasteiger partial charge in [0, 0.05) is 27.5 Å². The van der Waals surface area contributed by atoms with Crippen LogP contribution < -0.4 is 5.32 Å². The Bertz CT molecular complexity index is 2840. The zero-order valence-electron chi connectivity index (χ0n) is 29.9. The van der Waals surface area contributed by atoms with Gasteiger partial charge in [0.05, 0.1) is 0 Å². The summed E-state index contributed by atoms with van der Waals surface area (Å²) >= 11 is 0. The van der Waals surface area contributed by atoms with E-state index in [-0.39, 0.29) is 6.17 Å². The van der Waals surface area contributed by atoms with Crippen LogP contribution >= 0.6 is 0 Å². The van der Waals surface area contributed by atoms with E-state index in [1.807, 2.05) is 30.3 Å². The van der Waals surface area contributed by atoms with Gasteiger partial charge in [0.15, 0.2) is 5.84 Å². The average Bonchev–Trinajstić information content (AvgIpc) is 3.66. The molecule has 1 unspecified atom stereocenters. The van der Waals surface area contributed by atoms with Gasteiger partial charge < -0.3 is 9.73 Å². The van der Waals surface area contributed by atoms with Crippen molar-refractivity contribution < 1.29 is 4.42 Å². The highest BCUT2D eigenvalue weighted by molar-refractivity contribution is 6.16. The molecule has 55 heavy (non-hydrogen) atoms. The summed E-state index contributed by atoms with van der Waals surface area (Å²) in [7, 11) is 0. The Morgan fingerprint density at radius 3 is 1.47 bits per heavy atom. The Kier molecular flexibility index (Phi) is 8.19. The van der Waals surface area contributed by atoms with E-state index < -0.39 is 0 Å². The van der Waals surface area contributed by atoms with Gasteiger partial charge in [-0.3, -0.25) is 0 Å². The van der Waals surface area contributed by atoms with Crippen molar-refractivity contribution in [3.63, 3.8) is 0 Å². The van der Waals surface area contributed by atoms with Crippen molar-refractivity contribution in [1.29, 1.82) is 0 Å². The molecule has 0 amide bonds. The standard InChI is InChI=1S/C51H35N3O/c1-4-11-34(12-5-1)36-19-21-38(22-20-36)39-23-27-40(28-24-39)44-17-10-18-45-46-33-43(31-32-47(46)55-48(44)45)51-53-49(41-15-8-3-9-16-41)52-50(54-51)42-29-25-37(26-30-42)35-13-6-2-7-14-35/h1-33,49H,(H,52,53,54). The normalized spacial score (nSPS) is 14.0. The van der Waals surface area contributed by atoms with Gasteiger partial charge in [0.1, 0.15) is 23.2 Å². The van der Waals surface area contributed by atoms with Crippen LogP contribution in [-0.4, -0.2) is 11.7 Å². The van der Waals surface area contributed by atoms with Crippen LogP contribution in [0.3, 0.4) is 0 Å². The van der Waals surface area contributed by atoms with Gasteiger partial charge in [-0.15, -0.1) is 0 Å². The number of fused-ring (bicyclic) bond motifs is 3. The van der Waals surface area contributed by atoms with Crippen LogP contribution in [0, 0.1) is 0 Å². The van der Waals surface area contributed by atoms with Crippen LogP contribution in [0.2, 0.25) is 0 Å². The summed E-state index contributed by atoms with van der Waals surface area (Å²) in [6.07, 6.45) is -0.286. The van der Waals surface area contributed by atoms with Crippen molar-refractivity contribution in [2.75, 3.05) is 0 Å². The number of nitrogens with one attached hydrogen (secondary N) is 1. The lowest BCUT2D eigenvalue weighted by molar-refractivity contribution is 0.669. The minimum atomic E-state index is -0.286. The number of benzene rings is 8. The second-order valence-corrected chi connectivity index (χ2v) is 13.8. The van der Waals surface area contributed by atoms with E-state index in [1.54, 1.807) is 0 Å². The molecule has 1 aromatic heterocycles. The maximum absolute atomic E-state index is 6.59. The second kappa shape index (κ2) is 13.9. The van der Waals surface area contributed by atoms with Crippen molar-refractivity contribution in [2.45, 2.75) is 6.17 Å². The lowest BCUT2D eigenvalue weighted by Gasteiger charge is -2.23. The third-order valence-corrected chi connectivity index (χ3v) is 10.4. The number of para-hydroxylation sites is 1. The average molecular weight is 706 g/mol. The van der Waals surface area contributed by atoms with Crippen LogP contribution in [0.1, 0.15) is 22.9 Å². The first-order valence-corrected chi connectivity index (χ1v) is 18.6. The molecule has 4 heteroatoms. The Balaban J connectivity index is 0.976. The van der Waals surface area contributed by atoms with Gasteiger partial charge in [0.25, 0.3) is 0 Å². The minimum Gasteiger partial charge on any atom is -0.455 e. The molecule has 10 rings (SSSR count). The predicted molar refractivity (Wildman–Crippen MR) is 227 cm³/mol. The van der Waals surface area contributed by atoms with Gasteiger partial charge in [-0.2, -0.15) is 0 Å². The molecule has 9 aromatic rings. The summed E-state index contributed by atoms with van der Waals surface area (Å²) in [5.74, 6) is 1.46. The molecular weight excluding hydrogens is 671 g/mol. The van der Waals surface area contributed by atoms with Gasteiger partial charge in [-0.1, -0.05) is 182 Å². The van der Waals surface area contributed by atoms with Crippen LogP contribution in [0.15, 0.2) is 215 Å². The van der Waals surface area contributed by atoms with Crippen LogP contribution in [0.25, 0.3) is 66.4 Å². The van der Waals surface area contributed by atoms with Crippen LogP contribution in [0.5, 0.6) is 0 Å². The van der Waals surface area contributed by atoms with Crippen molar-refractivity contribution in [3.8, 4) is 44.5 Å². The largest absolute Gasteiger partial charge is 0.455 e. The smallest absolute Gasteiger partial charge is 0.159 e. The van der Waals surface area contributed by atoms with Crippen molar-refractivity contribution in [3.05, 3.63) is 217 Å². The van der Waals surface area contributed by atoms with E-state index in [9.17, 15) is 0 Å². The van der Waals surface area contributed by atoms with Gasteiger partial charge >= 0.3 is 0 Å². The Hall–Kier alpha value is -7.30. The molecule has 0 spiro atoms. The molecule has 8 aromatic carbocycles. The maximum atomic E-state index is 6.59. The fourth-order valence-corrected chi connectivity index (χ4v) is 7.47. The molecule has 0 bridgehead atoms. The van der Waals surface area contributed by atoms with E-state index >= 15 is 0 Å². The van der Waals surface area contributed by atoms with Gasteiger partial charge in [-0.05, 0) is 62.7 Å². The SMILES string of the molecule is c1ccc(-c2ccc(C3=NC(c4ccccc4)NC(c4ccc5oc6c(-c7ccc(-c8ccc(-c9ccccc9)cc8)cc7)cccc6c5c4)=N3)cc2)cc1. The number of hydrogen-bond acceptors (Lipinski definition) is 4. The lowest BCUT2D eigenvalue weighted by Crippen LogP contribution is -2.33. The number of rotatable bonds is 7. The van der Waals surface area contributed by atoms with Crippen molar-refractivity contribution in [2.24, 2.45) is 9.98 Å². The molecule has 0 aliphatic carbocycles. The summed E-state index contributed by atoms with van der Waals surface area (Å²) in [6.45, 7) is 0. The molecule has 0 radical (unpaired) electrons. The molecule has 260 valence electrons. The summed E-state index contributed by atoms with van der Waals surface area (Å²) in [6, 6.07) is 69.9. The van der Waals surface area contributed by atoms with Crippen molar-refractivity contribution >= 4 is 33.6 Å². The molecule has 0 saturated heterocycles. The molecule has 2 heterocycles. The maximum Gasteiger partial charge on any atom is 0.159 e. The fraction of sp³-hybridized carbons (Fsp3) is 0.0196. The third-order valence-electron chi connectivity index (χ3n) is 10.4. The zero-order chi connectivity index (χ0) is 36.6. The Morgan fingerprint density at radius 2 is 0.891 bits per heavy atom. The van der Waals surface area contributed by atoms with Gasteiger partial charge in [0.2, 0.25) is 0 Å². The first-order chi connectivity index (χ1) is 27.2. The van der Waals surface area contributed by atoms with Crippen LogP contribution in [-0.2, 0) is 0 Å². The number of aliphatic imine (C=N–C) groups is 2. The summed E-state index contributed by atoms with van der Waals surface area (Å²) in [5, 5.41) is 5.74. The molecule has 0 fully saturated rings. The first kappa shape index (κ1) is 32.4. The fourth-order valence-electron chi connectivity index (χ4n) is 7.47. The summed E-state index contributed by atoms with van der Waals surface area (Å²) in [4.78, 5) is 10.2. The minimum absolute atomic E-state index is 0.286. The molecule has 1 aliphatic rings. The topological polar surface area (TPSA) is 49.9 Å². The molecular formula is C51H35N3O. The van der Waals surface area contributed by atoms with Crippen molar-refractivity contribution in [1.82, 2.24) is 5.32 Å². The highest BCUT2D eigenvalue weighted by Gasteiger charge is 2.22. The van der Waals surface area contributed by atoms with E-state index in [2.05, 4.69) is 175 Å². The molecule has 4 nitrogen and oxygen atoms in total. The Labute approximate surface area is 319 Å². The summed E-state index contributed by atoms with van der Waals surface area (Å²) < 4.78 is 6.59. The Morgan fingerprint density at radius 1 is 0.400 bits per heavy atom. The number of amidine groups is 2. The van der Waals surface area contributed by atoms with E-state index in [0.717, 1.165) is 61.2 Å². The number of hydrogen-bond donors (Lipinski definition) is 1. The molecule has 1 atom stereocenters. The van der Waals surface area contributed by atoms with E-state index in [0.29, 0.717) is 5.84 Å².